The number of aromatic nitrogens is 3. The Morgan fingerprint density at radius 3 is 2.65 bits per heavy atom. The molecule has 0 aliphatic heterocycles. The highest BCUT2D eigenvalue weighted by atomic mass is 16.5. The highest BCUT2D eigenvalue weighted by Gasteiger charge is 2.04. The van der Waals surface area contributed by atoms with Gasteiger partial charge in [0.2, 0.25) is 0 Å². The van der Waals surface area contributed by atoms with Crippen LogP contribution in [0.3, 0.4) is 0 Å². The fraction of sp³-hybridized carbons (Fsp3) is 0.0690. The van der Waals surface area contributed by atoms with E-state index in [1.165, 1.54) is 5.39 Å². The van der Waals surface area contributed by atoms with Crippen LogP contribution in [0.2, 0.25) is 0 Å². The first kappa shape index (κ1) is 21.3. The Kier molecular flexibility index (Phi) is 6.25. The van der Waals surface area contributed by atoms with Crippen molar-refractivity contribution in [1.82, 2.24) is 15.2 Å². The van der Waals surface area contributed by atoms with E-state index in [1.807, 2.05) is 79.0 Å². The Balaban J connectivity index is 1.24. The summed E-state index contributed by atoms with van der Waals surface area (Å²) < 4.78 is 11.5. The number of hydrogen-bond acceptors (Lipinski definition) is 3. The maximum Gasteiger partial charge on any atom is 0.129 e. The maximum atomic E-state index is 5.91. The molecule has 0 unspecified atom stereocenters. The lowest BCUT2D eigenvalue weighted by molar-refractivity contribution is 0.303. The van der Waals surface area contributed by atoms with Crippen LogP contribution in [-0.2, 0) is 6.61 Å². The molecule has 0 spiro atoms. The zero-order chi connectivity index (χ0) is 23.2. The van der Waals surface area contributed by atoms with Gasteiger partial charge in [0.15, 0.2) is 0 Å². The molecule has 2 N–H and O–H groups in total. The summed E-state index contributed by atoms with van der Waals surface area (Å²) >= 11 is 0. The summed E-state index contributed by atoms with van der Waals surface area (Å²) in [5.74, 6) is 1.51. The van der Waals surface area contributed by atoms with E-state index in [0.29, 0.717) is 6.61 Å². The van der Waals surface area contributed by atoms with Crippen LogP contribution in [0.1, 0.15) is 28.1 Å². The van der Waals surface area contributed by atoms with E-state index >= 15 is 0 Å². The van der Waals surface area contributed by atoms with E-state index in [4.69, 9.17) is 9.47 Å². The Labute approximate surface area is 198 Å². The lowest BCUT2D eigenvalue weighted by atomic mass is 10.1. The van der Waals surface area contributed by atoms with E-state index in [9.17, 15) is 0 Å². The van der Waals surface area contributed by atoms with Gasteiger partial charge in [-0.15, -0.1) is 0 Å². The normalized spacial score (nSPS) is 11.6. The maximum absolute atomic E-state index is 5.91. The van der Waals surface area contributed by atoms with E-state index in [-0.39, 0.29) is 0 Å². The molecule has 0 fully saturated rings. The third-order valence-electron chi connectivity index (χ3n) is 5.54. The molecule has 168 valence electrons. The number of H-pyrrole nitrogens is 2. The van der Waals surface area contributed by atoms with Gasteiger partial charge in [0.25, 0.3) is 0 Å². The lowest BCUT2D eigenvalue weighted by Gasteiger charge is -2.10. The predicted molar refractivity (Wildman–Crippen MR) is 139 cm³/mol. The standard InChI is InChI=1S/C29H25N3O2/c1-33-29-19-27(34-20-22-5-3-2-4-6-22)14-11-24(29)10-13-26-18-25(31-32-26)12-8-21-7-9-23-15-16-30-28(23)17-21/h2-19,30H,20H2,1H3,(H,31,32). The summed E-state index contributed by atoms with van der Waals surface area (Å²) in [6.45, 7) is 0.515. The largest absolute Gasteiger partial charge is 0.496 e. The number of fused-ring (bicyclic) bond motifs is 1. The molecule has 0 amide bonds. The minimum atomic E-state index is 0.515. The second kappa shape index (κ2) is 9.96. The fourth-order valence-corrected chi connectivity index (χ4v) is 3.71. The van der Waals surface area contributed by atoms with Gasteiger partial charge in [-0.25, -0.2) is 0 Å². The molecule has 3 aromatic carbocycles. The van der Waals surface area contributed by atoms with Gasteiger partial charge in [0.05, 0.1) is 18.5 Å². The SMILES string of the molecule is COc1cc(OCc2ccccc2)ccc1C=Cc1cc(C=Cc2ccc3cc[nH]c3c2)[nH]n1. The first-order valence-corrected chi connectivity index (χ1v) is 11.1. The molecule has 0 saturated heterocycles. The molecule has 2 heterocycles. The van der Waals surface area contributed by atoms with E-state index in [0.717, 1.165) is 45.1 Å². The van der Waals surface area contributed by atoms with Crippen molar-refractivity contribution in [2.24, 2.45) is 0 Å². The molecule has 34 heavy (non-hydrogen) atoms. The molecule has 0 atom stereocenters. The molecule has 2 aromatic heterocycles. The zero-order valence-corrected chi connectivity index (χ0v) is 18.9. The topological polar surface area (TPSA) is 62.9 Å². The second-order valence-corrected chi connectivity index (χ2v) is 7.92. The highest BCUT2D eigenvalue weighted by molar-refractivity contribution is 5.83. The first-order chi connectivity index (χ1) is 16.8. The average molecular weight is 448 g/mol. The Morgan fingerprint density at radius 1 is 0.853 bits per heavy atom. The van der Waals surface area contributed by atoms with Gasteiger partial charge in [-0.3, -0.25) is 5.10 Å². The van der Waals surface area contributed by atoms with Crippen LogP contribution < -0.4 is 9.47 Å². The summed E-state index contributed by atoms with van der Waals surface area (Å²) in [7, 11) is 1.66. The van der Waals surface area contributed by atoms with Crippen LogP contribution in [0.25, 0.3) is 35.2 Å². The molecule has 0 aliphatic rings. The first-order valence-electron chi connectivity index (χ1n) is 11.1. The Hall–Kier alpha value is -4.51. The van der Waals surface area contributed by atoms with Gasteiger partial charge in [0, 0.05) is 23.3 Å². The van der Waals surface area contributed by atoms with Crippen molar-refractivity contribution in [3.8, 4) is 11.5 Å². The summed E-state index contributed by atoms with van der Waals surface area (Å²) in [6.07, 6.45) is 9.99. The van der Waals surface area contributed by atoms with E-state index in [2.05, 4.69) is 45.5 Å². The van der Waals surface area contributed by atoms with Crippen molar-refractivity contribution < 1.29 is 9.47 Å². The number of rotatable bonds is 8. The molecule has 5 aromatic rings. The van der Waals surface area contributed by atoms with E-state index in [1.54, 1.807) is 7.11 Å². The van der Waals surface area contributed by atoms with Gasteiger partial charge in [0.1, 0.15) is 18.1 Å². The van der Waals surface area contributed by atoms with Crippen molar-refractivity contribution in [3.05, 3.63) is 113 Å². The molecule has 0 radical (unpaired) electrons. The fourth-order valence-electron chi connectivity index (χ4n) is 3.71. The number of methoxy groups -OCH3 is 1. The monoisotopic (exact) mass is 447 g/mol. The Bertz CT molecular complexity index is 1440. The number of ether oxygens (including phenoxy) is 2. The number of hydrogen-bond donors (Lipinski definition) is 2. The van der Waals surface area contributed by atoms with Crippen LogP contribution >= 0.6 is 0 Å². The van der Waals surface area contributed by atoms with Crippen molar-refractivity contribution in [3.63, 3.8) is 0 Å². The number of nitrogens with zero attached hydrogens (tertiary/aromatic N) is 1. The van der Waals surface area contributed by atoms with Crippen molar-refractivity contribution in [2.75, 3.05) is 7.11 Å². The third-order valence-corrected chi connectivity index (χ3v) is 5.54. The van der Waals surface area contributed by atoms with Gasteiger partial charge in [-0.2, -0.15) is 5.10 Å². The number of nitrogens with one attached hydrogen (secondary N) is 2. The molecule has 0 saturated carbocycles. The van der Waals surface area contributed by atoms with Gasteiger partial charge in [-0.1, -0.05) is 48.5 Å². The summed E-state index contributed by atoms with van der Waals surface area (Å²) in [5, 5.41) is 8.66. The number of aromatic amines is 2. The summed E-state index contributed by atoms with van der Waals surface area (Å²) in [5.41, 5.74) is 6.10. The lowest BCUT2D eigenvalue weighted by Crippen LogP contribution is -1.96. The predicted octanol–water partition coefficient (Wildman–Crippen LogP) is 6.82. The molecule has 5 nitrogen and oxygen atoms in total. The van der Waals surface area contributed by atoms with Gasteiger partial charge in [-0.05, 0) is 65.1 Å². The molecular formula is C29H25N3O2. The minimum Gasteiger partial charge on any atom is -0.496 e. The van der Waals surface area contributed by atoms with Crippen LogP contribution in [-0.4, -0.2) is 22.3 Å². The van der Waals surface area contributed by atoms with Crippen LogP contribution in [0.15, 0.2) is 85.1 Å². The average Bonchev–Trinajstić information content (AvgIpc) is 3.55. The Morgan fingerprint density at radius 2 is 1.76 bits per heavy atom. The molecule has 5 heteroatoms. The van der Waals surface area contributed by atoms with Crippen molar-refractivity contribution >= 4 is 35.2 Å². The molecule has 0 bridgehead atoms. The summed E-state index contributed by atoms with van der Waals surface area (Å²) in [6, 6.07) is 26.3. The van der Waals surface area contributed by atoms with Crippen LogP contribution in [0.4, 0.5) is 0 Å². The van der Waals surface area contributed by atoms with Crippen LogP contribution in [0, 0.1) is 0 Å². The quantitative estimate of drug-likeness (QED) is 0.274. The highest BCUT2D eigenvalue weighted by Crippen LogP contribution is 2.27. The summed E-state index contributed by atoms with van der Waals surface area (Å²) in [4.78, 5) is 3.24. The third kappa shape index (κ3) is 5.10. The van der Waals surface area contributed by atoms with Crippen molar-refractivity contribution in [1.29, 1.82) is 0 Å². The number of benzene rings is 3. The molecule has 0 aliphatic carbocycles. The van der Waals surface area contributed by atoms with E-state index < -0.39 is 0 Å². The second-order valence-electron chi connectivity index (χ2n) is 7.92. The zero-order valence-electron chi connectivity index (χ0n) is 18.9. The van der Waals surface area contributed by atoms with Gasteiger partial charge >= 0.3 is 0 Å². The minimum absolute atomic E-state index is 0.515. The smallest absolute Gasteiger partial charge is 0.129 e. The van der Waals surface area contributed by atoms with Gasteiger partial charge < -0.3 is 14.5 Å². The van der Waals surface area contributed by atoms with Crippen molar-refractivity contribution in [2.45, 2.75) is 6.61 Å². The molecular weight excluding hydrogens is 422 g/mol. The molecule has 5 rings (SSSR count). The van der Waals surface area contributed by atoms with Crippen LogP contribution in [0.5, 0.6) is 11.5 Å².